The zero-order chi connectivity index (χ0) is 9.92. The van der Waals surface area contributed by atoms with Gasteiger partial charge in [-0.1, -0.05) is 6.42 Å². The van der Waals surface area contributed by atoms with Gasteiger partial charge in [-0.05, 0) is 12.8 Å². The maximum atomic E-state index is 11.8. The molecule has 3 rings (SSSR count). The standard InChI is InChI=1S/C9H13NO3S/c11-9-4-6-2-1-3-8-7(9)5-14(12,13)10(6)8/h6-8H,1-5H2/t6-,7-,8+/m1/s1. The molecular weight excluding hydrogens is 202 g/mol. The molecule has 5 heteroatoms. The summed E-state index contributed by atoms with van der Waals surface area (Å²) in [4.78, 5) is 11.7. The summed E-state index contributed by atoms with van der Waals surface area (Å²) in [7, 11) is -3.10. The Morgan fingerprint density at radius 2 is 2.07 bits per heavy atom. The first-order chi connectivity index (χ1) is 6.59. The Hall–Kier alpha value is -0.420. The van der Waals surface area contributed by atoms with E-state index in [1.807, 2.05) is 0 Å². The third kappa shape index (κ3) is 0.969. The maximum Gasteiger partial charge on any atom is 0.215 e. The minimum atomic E-state index is -3.10. The van der Waals surface area contributed by atoms with Crippen LogP contribution in [0.25, 0.3) is 0 Å². The summed E-state index contributed by atoms with van der Waals surface area (Å²) in [6.07, 6.45) is 3.28. The highest BCUT2D eigenvalue weighted by molar-refractivity contribution is 7.89. The first kappa shape index (κ1) is 8.85. The summed E-state index contributed by atoms with van der Waals surface area (Å²) in [6, 6.07) is 0.00463. The number of sulfonamides is 1. The van der Waals surface area contributed by atoms with Crippen LogP contribution in [0.4, 0.5) is 0 Å². The van der Waals surface area contributed by atoms with Crippen molar-refractivity contribution in [2.24, 2.45) is 5.92 Å². The van der Waals surface area contributed by atoms with Crippen molar-refractivity contribution in [1.29, 1.82) is 0 Å². The summed E-state index contributed by atoms with van der Waals surface area (Å²) in [5.74, 6) is 0.0427. The zero-order valence-electron chi connectivity index (χ0n) is 7.85. The van der Waals surface area contributed by atoms with E-state index in [-0.39, 0.29) is 29.5 Å². The normalized spacial score (nSPS) is 49.3. The summed E-state index contributed by atoms with van der Waals surface area (Å²) in [6.45, 7) is 0. The lowest BCUT2D eigenvalue weighted by molar-refractivity contribution is -0.128. The molecule has 0 aromatic carbocycles. The highest BCUT2D eigenvalue weighted by Crippen LogP contribution is 2.43. The number of carbonyl (C=O) groups is 1. The fourth-order valence-electron chi connectivity index (χ4n) is 3.21. The van der Waals surface area contributed by atoms with Crippen molar-refractivity contribution >= 4 is 15.8 Å². The molecule has 1 unspecified atom stereocenters. The van der Waals surface area contributed by atoms with Gasteiger partial charge in [-0.25, -0.2) is 8.42 Å². The molecule has 3 aliphatic heterocycles. The summed E-state index contributed by atoms with van der Waals surface area (Å²) in [5.41, 5.74) is 0. The summed E-state index contributed by atoms with van der Waals surface area (Å²) in [5, 5.41) is 0. The Morgan fingerprint density at radius 3 is 2.86 bits per heavy atom. The number of nitrogens with zero attached hydrogens (tertiary/aromatic N) is 1. The second-order valence-corrected chi connectivity index (χ2v) is 6.46. The molecule has 0 saturated carbocycles. The van der Waals surface area contributed by atoms with E-state index < -0.39 is 10.0 Å². The van der Waals surface area contributed by atoms with Gasteiger partial charge >= 0.3 is 0 Å². The van der Waals surface area contributed by atoms with Crippen LogP contribution in [-0.4, -0.2) is 36.3 Å². The van der Waals surface area contributed by atoms with Crippen molar-refractivity contribution in [2.75, 3.05) is 5.75 Å². The minimum Gasteiger partial charge on any atom is -0.299 e. The minimum absolute atomic E-state index is 0.00926. The molecule has 4 atom stereocenters. The average molecular weight is 215 g/mol. The molecule has 0 N–H and O–H groups in total. The monoisotopic (exact) mass is 215 g/mol. The number of hydrogen-bond donors (Lipinski definition) is 0. The van der Waals surface area contributed by atoms with Crippen LogP contribution in [0.5, 0.6) is 0 Å². The number of ketones is 1. The van der Waals surface area contributed by atoms with E-state index in [4.69, 9.17) is 0 Å². The van der Waals surface area contributed by atoms with E-state index in [0.29, 0.717) is 6.42 Å². The molecule has 0 aliphatic carbocycles. The predicted molar refractivity (Wildman–Crippen MR) is 50.2 cm³/mol. The Labute approximate surface area is 83.3 Å². The fourth-order valence-corrected chi connectivity index (χ4v) is 5.54. The smallest absolute Gasteiger partial charge is 0.215 e. The van der Waals surface area contributed by atoms with Gasteiger partial charge in [-0.2, -0.15) is 4.31 Å². The lowest BCUT2D eigenvalue weighted by atomic mass is 9.80. The Balaban J connectivity index is 2.11. The summed E-state index contributed by atoms with van der Waals surface area (Å²) < 4.78 is 25.2. The van der Waals surface area contributed by atoms with Crippen LogP contribution in [0.2, 0.25) is 0 Å². The van der Waals surface area contributed by atoms with E-state index >= 15 is 0 Å². The van der Waals surface area contributed by atoms with Crippen LogP contribution in [0, 0.1) is 5.92 Å². The Morgan fingerprint density at radius 1 is 1.29 bits per heavy atom. The molecule has 3 fully saturated rings. The molecule has 78 valence electrons. The number of Topliss-reactive ketones (excluding diaryl/α,β-unsaturated/α-hetero) is 1. The second kappa shape index (κ2) is 2.58. The Bertz CT molecular complexity index is 389. The third-order valence-corrected chi connectivity index (χ3v) is 5.74. The predicted octanol–water partition coefficient (Wildman–Crippen LogP) is 0.142. The van der Waals surface area contributed by atoms with Gasteiger partial charge in [0.15, 0.2) is 0 Å². The molecule has 0 aromatic rings. The van der Waals surface area contributed by atoms with E-state index in [9.17, 15) is 13.2 Å². The lowest BCUT2D eigenvalue weighted by Gasteiger charge is -2.40. The topological polar surface area (TPSA) is 54.5 Å². The molecule has 0 radical (unpaired) electrons. The molecule has 3 saturated heterocycles. The van der Waals surface area contributed by atoms with Crippen molar-refractivity contribution < 1.29 is 13.2 Å². The van der Waals surface area contributed by atoms with E-state index in [0.717, 1.165) is 19.3 Å². The van der Waals surface area contributed by atoms with Gasteiger partial charge in [0.25, 0.3) is 0 Å². The van der Waals surface area contributed by atoms with Crippen LogP contribution in [0.3, 0.4) is 0 Å². The van der Waals surface area contributed by atoms with Crippen molar-refractivity contribution in [3.63, 3.8) is 0 Å². The highest BCUT2D eigenvalue weighted by Gasteiger charge is 2.56. The van der Waals surface area contributed by atoms with Crippen molar-refractivity contribution in [1.82, 2.24) is 4.31 Å². The van der Waals surface area contributed by atoms with Crippen molar-refractivity contribution in [3.05, 3.63) is 0 Å². The molecule has 3 heterocycles. The highest BCUT2D eigenvalue weighted by atomic mass is 32.2. The zero-order valence-corrected chi connectivity index (χ0v) is 8.66. The quantitative estimate of drug-likeness (QED) is 0.577. The number of piperidine rings is 2. The Kier molecular flexibility index (Phi) is 1.63. The third-order valence-electron chi connectivity index (χ3n) is 3.75. The maximum absolute atomic E-state index is 11.8. The summed E-state index contributed by atoms with van der Waals surface area (Å²) >= 11 is 0. The van der Waals surface area contributed by atoms with Gasteiger partial charge in [-0.15, -0.1) is 0 Å². The second-order valence-electron chi connectivity index (χ2n) is 4.54. The fraction of sp³-hybridized carbons (Fsp3) is 0.889. The van der Waals surface area contributed by atoms with Crippen LogP contribution in [-0.2, 0) is 14.8 Å². The molecule has 0 spiro atoms. The number of hydrogen-bond acceptors (Lipinski definition) is 3. The average Bonchev–Trinajstić information content (AvgIpc) is 2.33. The largest absolute Gasteiger partial charge is 0.299 e. The first-order valence-electron chi connectivity index (χ1n) is 5.13. The molecule has 14 heavy (non-hydrogen) atoms. The van der Waals surface area contributed by atoms with Crippen molar-refractivity contribution in [3.8, 4) is 0 Å². The van der Waals surface area contributed by atoms with Crippen LogP contribution < -0.4 is 0 Å². The van der Waals surface area contributed by atoms with Crippen LogP contribution >= 0.6 is 0 Å². The van der Waals surface area contributed by atoms with Gasteiger partial charge in [0.1, 0.15) is 5.78 Å². The van der Waals surface area contributed by atoms with E-state index in [2.05, 4.69) is 0 Å². The molecule has 4 nitrogen and oxygen atoms in total. The van der Waals surface area contributed by atoms with Gasteiger partial charge in [-0.3, -0.25) is 4.79 Å². The molecule has 0 aromatic heterocycles. The first-order valence-corrected chi connectivity index (χ1v) is 6.74. The van der Waals surface area contributed by atoms with Gasteiger partial charge in [0.05, 0.1) is 5.75 Å². The van der Waals surface area contributed by atoms with Crippen LogP contribution in [0.15, 0.2) is 0 Å². The van der Waals surface area contributed by atoms with Crippen LogP contribution in [0.1, 0.15) is 25.7 Å². The van der Waals surface area contributed by atoms with Gasteiger partial charge < -0.3 is 0 Å². The van der Waals surface area contributed by atoms with Gasteiger partial charge in [0.2, 0.25) is 10.0 Å². The van der Waals surface area contributed by atoms with E-state index in [1.165, 1.54) is 0 Å². The molecular formula is C9H13NO3S. The van der Waals surface area contributed by atoms with Crippen molar-refractivity contribution in [2.45, 2.75) is 37.8 Å². The number of rotatable bonds is 0. The molecule has 0 amide bonds. The van der Waals surface area contributed by atoms with E-state index in [1.54, 1.807) is 4.31 Å². The number of carbonyl (C=O) groups excluding carboxylic acids is 1. The van der Waals surface area contributed by atoms with Gasteiger partial charge in [0, 0.05) is 24.4 Å². The molecule has 4 bridgehead atoms. The lowest BCUT2D eigenvalue weighted by Crippen LogP contribution is -2.52. The molecule has 3 aliphatic rings. The SMILES string of the molecule is O=C1C[C@H]2CCC[C@H]3[C@H]1CS(=O)(=O)N23.